The smallest absolute Gasteiger partial charge is 0.247 e. The molecule has 0 N–H and O–H groups in total. The molecule has 0 aliphatic rings. The fraction of sp³-hybridized carbons (Fsp3) is 0.333. The van der Waals surface area contributed by atoms with E-state index in [1.165, 1.54) is 0 Å². The average Bonchev–Trinajstić information content (AvgIpc) is 2.95. The van der Waals surface area contributed by atoms with Crippen molar-refractivity contribution >= 4 is 22.6 Å². The summed E-state index contributed by atoms with van der Waals surface area (Å²) in [5.41, 5.74) is 2.88. The Kier molecular flexibility index (Phi) is 4.88. The molecule has 3 aromatic rings. The van der Waals surface area contributed by atoms with Crippen LogP contribution in [0.1, 0.15) is 39.4 Å². The first-order valence-corrected chi connectivity index (χ1v) is 8.81. The van der Waals surface area contributed by atoms with Crippen molar-refractivity contribution in [3.63, 3.8) is 0 Å². The van der Waals surface area contributed by atoms with Gasteiger partial charge in [-0.1, -0.05) is 44.2 Å². The zero-order valence-corrected chi connectivity index (χ0v) is 15.3. The fourth-order valence-electron chi connectivity index (χ4n) is 3.23. The number of carbonyl (C=O) groups excluding carboxylic acids is 1. The number of hydrogen-bond donors (Lipinski definition) is 0. The molecule has 0 bridgehead atoms. The number of nitrogens with zero attached hydrogens (tertiary/aromatic N) is 3. The van der Waals surface area contributed by atoms with Gasteiger partial charge in [-0.3, -0.25) is 4.79 Å². The molecule has 25 heavy (non-hydrogen) atoms. The third-order valence-electron chi connectivity index (χ3n) is 4.31. The molecular weight excluding hydrogens is 310 g/mol. The molecular formula is C21H25N3O. The van der Waals surface area contributed by atoms with E-state index in [4.69, 9.17) is 4.98 Å². The SMILES string of the molecule is CC(C)c1nc2ccccc2n1CC(=O)N(c1ccccc1)C(C)C. The van der Waals surface area contributed by atoms with E-state index in [-0.39, 0.29) is 17.9 Å². The molecule has 130 valence electrons. The number of hydrogen-bond acceptors (Lipinski definition) is 2. The largest absolute Gasteiger partial charge is 0.318 e. The Morgan fingerprint density at radius 1 is 1.00 bits per heavy atom. The molecule has 0 radical (unpaired) electrons. The molecule has 1 aromatic heterocycles. The highest BCUT2D eigenvalue weighted by atomic mass is 16.2. The van der Waals surface area contributed by atoms with Crippen LogP contribution < -0.4 is 4.90 Å². The maximum absolute atomic E-state index is 13.1. The van der Waals surface area contributed by atoms with Crippen LogP contribution in [0.4, 0.5) is 5.69 Å². The van der Waals surface area contributed by atoms with Crippen LogP contribution in [0.15, 0.2) is 54.6 Å². The summed E-state index contributed by atoms with van der Waals surface area (Å²) in [5.74, 6) is 1.28. The molecule has 3 rings (SSSR count). The molecule has 0 aliphatic heterocycles. The second kappa shape index (κ2) is 7.09. The molecule has 0 atom stereocenters. The van der Waals surface area contributed by atoms with Gasteiger partial charge in [0.1, 0.15) is 12.4 Å². The highest BCUT2D eigenvalue weighted by Gasteiger charge is 2.22. The van der Waals surface area contributed by atoms with Crippen LogP contribution in [-0.4, -0.2) is 21.5 Å². The molecule has 0 saturated carbocycles. The van der Waals surface area contributed by atoms with Crippen molar-refractivity contribution in [2.45, 2.75) is 46.2 Å². The lowest BCUT2D eigenvalue weighted by molar-refractivity contribution is -0.119. The van der Waals surface area contributed by atoms with Crippen LogP contribution in [-0.2, 0) is 11.3 Å². The second-order valence-corrected chi connectivity index (χ2v) is 6.89. The Bertz CT molecular complexity index is 865. The van der Waals surface area contributed by atoms with E-state index in [0.29, 0.717) is 6.54 Å². The van der Waals surface area contributed by atoms with Crippen molar-refractivity contribution in [3.8, 4) is 0 Å². The van der Waals surface area contributed by atoms with E-state index in [0.717, 1.165) is 22.5 Å². The Morgan fingerprint density at radius 3 is 2.28 bits per heavy atom. The maximum atomic E-state index is 13.1. The average molecular weight is 335 g/mol. The van der Waals surface area contributed by atoms with E-state index < -0.39 is 0 Å². The van der Waals surface area contributed by atoms with Crippen LogP contribution in [0.3, 0.4) is 0 Å². The van der Waals surface area contributed by atoms with Crippen LogP contribution in [0.2, 0.25) is 0 Å². The van der Waals surface area contributed by atoms with Crippen LogP contribution >= 0.6 is 0 Å². The summed E-state index contributed by atoms with van der Waals surface area (Å²) >= 11 is 0. The standard InChI is InChI=1S/C21H25N3O/c1-15(2)21-22-18-12-8-9-13-19(18)23(21)14-20(25)24(16(3)4)17-10-6-5-7-11-17/h5-13,15-16H,14H2,1-4H3. The summed E-state index contributed by atoms with van der Waals surface area (Å²) in [5, 5.41) is 0. The van der Waals surface area contributed by atoms with E-state index in [1.807, 2.05) is 73.3 Å². The molecule has 2 aromatic carbocycles. The van der Waals surface area contributed by atoms with Crippen molar-refractivity contribution in [2.75, 3.05) is 4.90 Å². The fourth-order valence-corrected chi connectivity index (χ4v) is 3.23. The number of benzene rings is 2. The minimum atomic E-state index is 0.0752. The van der Waals surface area contributed by atoms with Crippen LogP contribution in [0, 0.1) is 0 Å². The van der Waals surface area contributed by atoms with E-state index >= 15 is 0 Å². The molecule has 1 amide bonds. The number of aromatic nitrogens is 2. The van der Waals surface area contributed by atoms with Crippen molar-refractivity contribution in [3.05, 3.63) is 60.4 Å². The first-order chi connectivity index (χ1) is 12.0. The Hall–Kier alpha value is -2.62. The highest BCUT2D eigenvalue weighted by Crippen LogP contribution is 2.23. The third kappa shape index (κ3) is 3.43. The van der Waals surface area contributed by atoms with Gasteiger partial charge in [0, 0.05) is 17.6 Å². The second-order valence-electron chi connectivity index (χ2n) is 6.89. The lowest BCUT2D eigenvalue weighted by Gasteiger charge is -2.27. The minimum absolute atomic E-state index is 0.0752. The normalized spacial score (nSPS) is 11.4. The number of imidazole rings is 1. The van der Waals surface area contributed by atoms with E-state index in [1.54, 1.807) is 0 Å². The zero-order chi connectivity index (χ0) is 18.0. The van der Waals surface area contributed by atoms with Gasteiger partial charge in [-0.05, 0) is 38.1 Å². The van der Waals surface area contributed by atoms with Crippen molar-refractivity contribution in [1.82, 2.24) is 9.55 Å². The van der Waals surface area contributed by atoms with Crippen molar-refractivity contribution in [1.29, 1.82) is 0 Å². The van der Waals surface area contributed by atoms with Gasteiger partial charge in [-0.15, -0.1) is 0 Å². The zero-order valence-electron chi connectivity index (χ0n) is 15.3. The number of amides is 1. The lowest BCUT2D eigenvalue weighted by atomic mass is 10.2. The van der Waals surface area contributed by atoms with Crippen molar-refractivity contribution < 1.29 is 4.79 Å². The number of anilines is 1. The predicted octanol–water partition coefficient (Wildman–Crippen LogP) is 4.60. The highest BCUT2D eigenvalue weighted by molar-refractivity contribution is 5.94. The van der Waals surface area contributed by atoms with Crippen LogP contribution in [0.5, 0.6) is 0 Å². The number of fused-ring (bicyclic) bond motifs is 1. The van der Waals surface area contributed by atoms with Gasteiger partial charge < -0.3 is 9.47 Å². The molecule has 1 heterocycles. The van der Waals surface area contributed by atoms with Gasteiger partial charge in [-0.25, -0.2) is 4.98 Å². The van der Waals surface area contributed by atoms with E-state index in [2.05, 4.69) is 18.4 Å². The number of carbonyl (C=O) groups is 1. The lowest BCUT2D eigenvalue weighted by Crippen LogP contribution is -2.39. The van der Waals surface area contributed by atoms with Gasteiger partial charge in [-0.2, -0.15) is 0 Å². The Labute approximate surface area is 149 Å². The molecule has 4 nitrogen and oxygen atoms in total. The molecule has 0 unspecified atom stereocenters. The molecule has 4 heteroatoms. The van der Waals surface area contributed by atoms with Gasteiger partial charge in [0.05, 0.1) is 11.0 Å². The quantitative estimate of drug-likeness (QED) is 0.683. The Morgan fingerprint density at radius 2 is 1.64 bits per heavy atom. The molecule has 0 spiro atoms. The first kappa shape index (κ1) is 17.2. The maximum Gasteiger partial charge on any atom is 0.247 e. The van der Waals surface area contributed by atoms with Gasteiger partial charge in [0.25, 0.3) is 0 Å². The minimum Gasteiger partial charge on any atom is -0.318 e. The Balaban J connectivity index is 1.99. The van der Waals surface area contributed by atoms with Crippen LogP contribution in [0.25, 0.3) is 11.0 Å². The molecule has 0 saturated heterocycles. The number of para-hydroxylation sites is 3. The number of rotatable bonds is 5. The third-order valence-corrected chi connectivity index (χ3v) is 4.31. The first-order valence-electron chi connectivity index (χ1n) is 8.81. The summed E-state index contributed by atoms with van der Waals surface area (Å²) in [6, 6.07) is 17.9. The topological polar surface area (TPSA) is 38.1 Å². The van der Waals surface area contributed by atoms with Crippen molar-refractivity contribution in [2.24, 2.45) is 0 Å². The molecule has 0 aliphatic carbocycles. The summed E-state index contributed by atoms with van der Waals surface area (Å²) in [7, 11) is 0. The summed E-state index contributed by atoms with van der Waals surface area (Å²) in [6.07, 6.45) is 0. The monoisotopic (exact) mass is 335 g/mol. The van der Waals surface area contributed by atoms with Gasteiger partial charge in [0.2, 0.25) is 5.91 Å². The van der Waals surface area contributed by atoms with E-state index in [9.17, 15) is 4.79 Å². The van der Waals surface area contributed by atoms with Gasteiger partial charge >= 0.3 is 0 Å². The summed E-state index contributed by atoms with van der Waals surface area (Å²) < 4.78 is 2.06. The van der Waals surface area contributed by atoms with Gasteiger partial charge in [0.15, 0.2) is 0 Å². The molecule has 0 fully saturated rings. The summed E-state index contributed by atoms with van der Waals surface area (Å²) in [4.78, 5) is 19.7. The summed E-state index contributed by atoms with van der Waals surface area (Å²) in [6.45, 7) is 8.60. The predicted molar refractivity (Wildman–Crippen MR) is 103 cm³/mol.